The van der Waals surface area contributed by atoms with Gasteiger partial charge in [-0.3, -0.25) is 4.79 Å². The number of hydrogen-bond donors (Lipinski definition) is 1. The largest absolute Gasteiger partial charge is 0.493 e. The van der Waals surface area contributed by atoms with Crippen molar-refractivity contribution in [1.82, 2.24) is 0 Å². The van der Waals surface area contributed by atoms with Crippen molar-refractivity contribution in [3.05, 3.63) is 94.3 Å². The van der Waals surface area contributed by atoms with E-state index in [-0.39, 0.29) is 5.57 Å². The van der Waals surface area contributed by atoms with Crippen LogP contribution in [0.25, 0.3) is 6.08 Å². The lowest BCUT2D eigenvalue weighted by Gasteiger charge is -2.12. The molecule has 1 amide bonds. The van der Waals surface area contributed by atoms with Crippen molar-refractivity contribution in [2.45, 2.75) is 6.61 Å². The Labute approximate surface area is 184 Å². The van der Waals surface area contributed by atoms with Crippen molar-refractivity contribution in [1.29, 1.82) is 5.26 Å². The minimum Gasteiger partial charge on any atom is -0.493 e. The van der Waals surface area contributed by atoms with E-state index in [1.807, 2.05) is 24.3 Å². The molecule has 3 aromatic carbocycles. The van der Waals surface area contributed by atoms with Crippen LogP contribution >= 0.6 is 11.6 Å². The third-order valence-electron chi connectivity index (χ3n) is 4.25. The number of halogens is 2. The van der Waals surface area contributed by atoms with Crippen molar-refractivity contribution < 1.29 is 18.7 Å². The third kappa shape index (κ3) is 6.08. The lowest BCUT2D eigenvalue weighted by Crippen LogP contribution is -2.13. The average molecular weight is 437 g/mol. The van der Waals surface area contributed by atoms with E-state index in [0.29, 0.717) is 34.4 Å². The summed E-state index contributed by atoms with van der Waals surface area (Å²) in [6.07, 6.45) is 1.43. The summed E-state index contributed by atoms with van der Waals surface area (Å²) < 4.78 is 24.2. The summed E-state index contributed by atoms with van der Waals surface area (Å²) in [5.74, 6) is -0.0610. The summed E-state index contributed by atoms with van der Waals surface area (Å²) in [7, 11) is 1.50. The molecule has 0 fully saturated rings. The quantitative estimate of drug-likeness (QED) is 0.386. The van der Waals surface area contributed by atoms with Gasteiger partial charge in [-0.15, -0.1) is 0 Å². The van der Waals surface area contributed by atoms with E-state index in [9.17, 15) is 14.4 Å². The number of hydrogen-bond acceptors (Lipinski definition) is 4. The van der Waals surface area contributed by atoms with Crippen LogP contribution in [0.1, 0.15) is 11.1 Å². The number of methoxy groups -OCH3 is 1. The number of carbonyl (C=O) groups excluding carboxylic acids is 1. The Bertz CT molecular complexity index is 1150. The van der Waals surface area contributed by atoms with Crippen LogP contribution in [-0.4, -0.2) is 13.0 Å². The SMILES string of the molecule is COc1cc(/C=C(\C#N)C(=O)Nc2ccc(F)cc2)ccc1OCc1cccc(Cl)c1. The van der Waals surface area contributed by atoms with E-state index in [1.54, 1.807) is 24.3 Å². The molecule has 31 heavy (non-hydrogen) atoms. The van der Waals surface area contributed by atoms with Crippen molar-refractivity contribution in [2.75, 3.05) is 12.4 Å². The minimum atomic E-state index is -0.602. The summed E-state index contributed by atoms with van der Waals surface area (Å²) in [6.45, 7) is 0.301. The van der Waals surface area contributed by atoms with Crippen LogP contribution in [0, 0.1) is 17.1 Å². The molecule has 7 heteroatoms. The first kappa shape index (κ1) is 21.9. The van der Waals surface area contributed by atoms with Crippen LogP contribution in [0.3, 0.4) is 0 Å². The van der Waals surface area contributed by atoms with Crippen molar-refractivity contribution in [2.24, 2.45) is 0 Å². The van der Waals surface area contributed by atoms with E-state index >= 15 is 0 Å². The van der Waals surface area contributed by atoms with Crippen LogP contribution < -0.4 is 14.8 Å². The number of nitrogens with zero attached hydrogens (tertiary/aromatic N) is 1. The number of rotatable bonds is 7. The maximum Gasteiger partial charge on any atom is 0.266 e. The van der Waals surface area contributed by atoms with E-state index in [4.69, 9.17) is 21.1 Å². The molecule has 3 aromatic rings. The summed E-state index contributed by atoms with van der Waals surface area (Å²) in [5.41, 5.74) is 1.76. The van der Waals surface area contributed by atoms with E-state index in [2.05, 4.69) is 5.32 Å². The summed E-state index contributed by atoms with van der Waals surface area (Å²) in [4.78, 5) is 12.4. The minimum absolute atomic E-state index is 0.112. The predicted octanol–water partition coefficient (Wildman–Crippen LogP) is 5.61. The molecule has 0 aliphatic heterocycles. The molecule has 0 saturated carbocycles. The number of ether oxygens (including phenoxy) is 2. The van der Waals surface area contributed by atoms with Gasteiger partial charge in [-0.1, -0.05) is 29.8 Å². The van der Waals surface area contributed by atoms with E-state index in [1.165, 1.54) is 37.5 Å². The smallest absolute Gasteiger partial charge is 0.266 e. The van der Waals surface area contributed by atoms with Crippen LogP contribution in [0.15, 0.2) is 72.3 Å². The number of anilines is 1. The zero-order chi connectivity index (χ0) is 22.2. The fourth-order valence-electron chi connectivity index (χ4n) is 2.73. The number of benzene rings is 3. The number of nitriles is 1. The molecule has 0 saturated heterocycles. The molecular weight excluding hydrogens is 419 g/mol. The molecule has 0 atom stereocenters. The maximum atomic E-state index is 13.0. The molecular formula is C24H18ClFN2O3. The molecule has 1 N–H and O–H groups in total. The summed E-state index contributed by atoms with van der Waals surface area (Å²) in [6, 6.07) is 19.5. The standard InChI is InChI=1S/C24H18ClFN2O3/c1-30-23-13-16(5-10-22(23)31-15-17-3-2-4-19(25)12-17)11-18(14-27)24(29)28-21-8-6-20(26)7-9-21/h2-13H,15H2,1H3,(H,28,29)/b18-11+. The highest BCUT2D eigenvalue weighted by molar-refractivity contribution is 6.30. The molecule has 0 aromatic heterocycles. The highest BCUT2D eigenvalue weighted by Crippen LogP contribution is 2.30. The Balaban J connectivity index is 1.74. The Morgan fingerprint density at radius 2 is 1.90 bits per heavy atom. The normalized spacial score (nSPS) is 10.8. The Morgan fingerprint density at radius 1 is 1.13 bits per heavy atom. The van der Waals surface area contributed by atoms with Gasteiger partial charge in [0.15, 0.2) is 11.5 Å². The molecule has 0 spiro atoms. The van der Waals surface area contributed by atoms with Crippen LogP contribution in [0.5, 0.6) is 11.5 Å². The predicted molar refractivity (Wildman–Crippen MR) is 117 cm³/mol. The second-order valence-electron chi connectivity index (χ2n) is 6.46. The number of amides is 1. The second-order valence-corrected chi connectivity index (χ2v) is 6.90. The first-order chi connectivity index (χ1) is 15.0. The van der Waals surface area contributed by atoms with Gasteiger partial charge in [-0.05, 0) is 65.7 Å². The number of nitrogens with one attached hydrogen (secondary N) is 1. The molecule has 156 valence electrons. The molecule has 0 heterocycles. The van der Waals surface area contributed by atoms with Crippen LogP contribution in [-0.2, 0) is 11.4 Å². The van der Waals surface area contributed by atoms with Gasteiger partial charge >= 0.3 is 0 Å². The molecule has 5 nitrogen and oxygen atoms in total. The second kappa shape index (κ2) is 10.3. The van der Waals surface area contributed by atoms with Gasteiger partial charge in [0.1, 0.15) is 24.1 Å². The van der Waals surface area contributed by atoms with Gasteiger partial charge in [0, 0.05) is 10.7 Å². The fraction of sp³-hybridized carbons (Fsp3) is 0.0833. The van der Waals surface area contributed by atoms with Gasteiger partial charge in [-0.25, -0.2) is 4.39 Å². The molecule has 0 aliphatic carbocycles. The Kier molecular flexibility index (Phi) is 7.26. The topological polar surface area (TPSA) is 71.3 Å². The molecule has 0 aliphatic rings. The summed E-state index contributed by atoms with van der Waals surface area (Å²) >= 11 is 5.99. The molecule has 3 rings (SSSR count). The van der Waals surface area contributed by atoms with Gasteiger partial charge < -0.3 is 14.8 Å². The monoisotopic (exact) mass is 436 g/mol. The third-order valence-corrected chi connectivity index (χ3v) is 4.48. The van der Waals surface area contributed by atoms with Gasteiger partial charge in [0.05, 0.1) is 7.11 Å². The number of carbonyl (C=O) groups is 1. The molecule has 0 bridgehead atoms. The van der Waals surface area contributed by atoms with Gasteiger partial charge in [-0.2, -0.15) is 5.26 Å². The lowest BCUT2D eigenvalue weighted by atomic mass is 10.1. The van der Waals surface area contributed by atoms with E-state index < -0.39 is 11.7 Å². The van der Waals surface area contributed by atoms with E-state index in [0.717, 1.165) is 5.56 Å². The molecule has 0 radical (unpaired) electrons. The zero-order valence-electron chi connectivity index (χ0n) is 16.6. The van der Waals surface area contributed by atoms with Gasteiger partial charge in [0.2, 0.25) is 0 Å². The van der Waals surface area contributed by atoms with Crippen molar-refractivity contribution >= 4 is 29.3 Å². The van der Waals surface area contributed by atoms with Crippen LogP contribution in [0.2, 0.25) is 5.02 Å². The lowest BCUT2D eigenvalue weighted by molar-refractivity contribution is -0.112. The van der Waals surface area contributed by atoms with Gasteiger partial charge in [0.25, 0.3) is 5.91 Å². The Hall–Kier alpha value is -3.82. The van der Waals surface area contributed by atoms with Crippen molar-refractivity contribution in [3.63, 3.8) is 0 Å². The maximum absolute atomic E-state index is 13.0. The fourth-order valence-corrected chi connectivity index (χ4v) is 2.94. The first-order valence-electron chi connectivity index (χ1n) is 9.22. The van der Waals surface area contributed by atoms with Crippen LogP contribution in [0.4, 0.5) is 10.1 Å². The highest BCUT2D eigenvalue weighted by Gasteiger charge is 2.11. The highest BCUT2D eigenvalue weighted by atomic mass is 35.5. The average Bonchev–Trinajstić information content (AvgIpc) is 2.77. The summed E-state index contributed by atoms with van der Waals surface area (Å²) in [5, 5.41) is 12.6. The van der Waals surface area contributed by atoms with Crippen molar-refractivity contribution in [3.8, 4) is 17.6 Å². The molecule has 0 unspecified atom stereocenters. The zero-order valence-corrected chi connectivity index (χ0v) is 17.3. The Morgan fingerprint density at radius 3 is 2.58 bits per heavy atom. The first-order valence-corrected chi connectivity index (χ1v) is 9.60.